The van der Waals surface area contributed by atoms with E-state index in [9.17, 15) is 26.3 Å². The smallest absolute Gasteiger partial charge is 0.196 e. The quantitative estimate of drug-likeness (QED) is 0.377. The predicted octanol–water partition coefficient (Wildman–Crippen LogP) is 5.43. The Hall–Kier alpha value is 1.32. The Morgan fingerprint density at radius 3 is 0.833 bits per heavy atom. The summed E-state index contributed by atoms with van der Waals surface area (Å²) in [6.07, 6.45) is 0. The molecule has 0 atom stereocenters. The van der Waals surface area contributed by atoms with Gasteiger partial charge >= 0.3 is 17.8 Å². The first-order valence-electron chi connectivity index (χ1n) is 3.77. The van der Waals surface area contributed by atoms with E-state index >= 15 is 0 Å². The molecule has 0 bridgehead atoms. The van der Waals surface area contributed by atoms with Crippen LogP contribution in [0, 0.1) is 0 Å². The van der Waals surface area contributed by atoms with Crippen LogP contribution in [0.1, 0.15) is 0 Å². The summed E-state index contributed by atoms with van der Waals surface area (Å²) in [6.45, 7) is 0. The number of hydrogen-bond donors (Lipinski definition) is 0. The molecule has 0 aliphatic heterocycles. The maximum absolute atomic E-state index is 13.3. The van der Waals surface area contributed by atoms with Crippen LogP contribution in [0.5, 0.6) is 0 Å². The molecule has 1 fully saturated rings. The highest BCUT2D eigenvalue weighted by Gasteiger charge is 2.95. The van der Waals surface area contributed by atoms with Crippen LogP contribution in [-0.4, -0.2) is 30.8 Å². The van der Waals surface area contributed by atoms with Crippen LogP contribution in [0.3, 0.4) is 0 Å². The lowest BCUT2D eigenvalue weighted by Crippen LogP contribution is -2.80. The largest absolute Gasteiger partial charge is 0.378 e. The van der Waals surface area contributed by atoms with Gasteiger partial charge in [0.25, 0.3) is 0 Å². The van der Waals surface area contributed by atoms with Crippen LogP contribution >= 0.6 is 69.6 Å². The summed E-state index contributed by atoms with van der Waals surface area (Å²) in [4.78, 5) is 0. The van der Waals surface area contributed by atoms with Crippen molar-refractivity contribution in [3.05, 3.63) is 0 Å². The number of rotatable bonds is 0. The van der Waals surface area contributed by atoms with Crippen molar-refractivity contribution < 1.29 is 26.3 Å². The minimum absolute atomic E-state index is 3.68. The van der Waals surface area contributed by atoms with Gasteiger partial charge in [0.2, 0.25) is 8.67 Å². The average Bonchev–Trinajstić information content (AvgIpc) is 2.14. The summed E-state index contributed by atoms with van der Waals surface area (Å²) in [5, 5.41) is 0. The van der Waals surface area contributed by atoms with Gasteiger partial charge in [-0.15, -0.1) is 0 Å². The highest BCUT2D eigenvalue weighted by atomic mass is 35.5. The molecular weight excluding hydrogens is 399 g/mol. The fraction of sp³-hybridized carbons (Fsp3) is 1.00. The molecule has 1 aliphatic rings. The zero-order chi connectivity index (χ0) is 15.0. The summed E-state index contributed by atoms with van der Waals surface area (Å²) < 4.78 is 67.7. The maximum atomic E-state index is 13.3. The summed E-state index contributed by atoms with van der Waals surface area (Å²) in [7, 11) is 0. The average molecular weight is 399 g/mol. The molecule has 0 radical (unpaired) electrons. The fourth-order valence-corrected chi connectivity index (χ4v) is 2.89. The van der Waals surface area contributed by atoms with E-state index in [1.165, 1.54) is 0 Å². The molecule has 0 saturated heterocycles. The SMILES string of the molecule is FC1(F)C(F)(F)C(Cl)(Cl)C(Cl)(Cl)C(Cl)(Cl)C1(F)F. The van der Waals surface area contributed by atoms with E-state index in [4.69, 9.17) is 69.6 Å². The second-order valence-electron chi connectivity index (χ2n) is 3.45. The molecule has 1 saturated carbocycles. The Morgan fingerprint density at radius 1 is 0.389 bits per heavy atom. The molecule has 0 unspecified atom stereocenters. The zero-order valence-corrected chi connectivity index (χ0v) is 12.1. The van der Waals surface area contributed by atoms with E-state index in [2.05, 4.69) is 0 Å². The monoisotopic (exact) mass is 396 g/mol. The molecular formula is C6Cl6F6. The molecule has 12 heteroatoms. The van der Waals surface area contributed by atoms with Crippen LogP contribution < -0.4 is 0 Å². The lowest BCUT2D eigenvalue weighted by atomic mass is 9.86. The molecule has 18 heavy (non-hydrogen) atoms. The predicted molar refractivity (Wildman–Crippen MR) is 58.2 cm³/mol. The fourth-order valence-electron chi connectivity index (χ4n) is 1.18. The van der Waals surface area contributed by atoms with Crippen LogP contribution in [0.15, 0.2) is 0 Å². The van der Waals surface area contributed by atoms with Crippen molar-refractivity contribution in [2.75, 3.05) is 0 Å². The van der Waals surface area contributed by atoms with Crippen LogP contribution in [0.25, 0.3) is 0 Å². The van der Waals surface area contributed by atoms with Crippen molar-refractivity contribution in [3.8, 4) is 0 Å². The van der Waals surface area contributed by atoms with Crippen molar-refractivity contribution in [2.24, 2.45) is 0 Å². The van der Waals surface area contributed by atoms with Gasteiger partial charge in [0, 0.05) is 0 Å². The van der Waals surface area contributed by atoms with Crippen LogP contribution in [0.2, 0.25) is 0 Å². The molecule has 0 N–H and O–H groups in total. The minimum Gasteiger partial charge on any atom is -0.196 e. The van der Waals surface area contributed by atoms with E-state index in [1.54, 1.807) is 0 Å². The minimum atomic E-state index is -6.07. The summed E-state index contributed by atoms with van der Waals surface area (Å²) in [5.41, 5.74) is 0. The molecule has 1 aliphatic carbocycles. The third-order valence-corrected chi connectivity index (χ3v) is 6.36. The summed E-state index contributed by atoms with van der Waals surface area (Å²) in [5.74, 6) is -17.5. The first-order valence-corrected chi connectivity index (χ1v) is 6.04. The van der Waals surface area contributed by atoms with Gasteiger partial charge in [-0.25, -0.2) is 0 Å². The van der Waals surface area contributed by atoms with E-state index in [0.717, 1.165) is 0 Å². The molecule has 0 amide bonds. The topological polar surface area (TPSA) is 0 Å². The van der Waals surface area contributed by atoms with Crippen molar-refractivity contribution >= 4 is 69.6 Å². The lowest BCUT2D eigenvalue weighted by molar-refractivity contribution is -0.336. The molecule has 0 heterocycles. The van der Waals surface area contributed by atoms with Crippen molar-refractivity contribution in [2.45, 2.75) is 30.8 Å². The summed E-state index contributed by atoms with van der Waals surface area (Å²) >= 11 is 29.9. The van der Waals surface area contributed by atoms with Crippen LogP contribution in [0.4, 0.5) is 26.3 Å². The number of alkyl halides is 12. The highest BCUT2D eigenvalue weighted by Crippen LogP contribution is 2.74. The highest BCUT2D eigenvalue weighted by molar-refractivity contribution is 6.70. The standard InChI is InChI=1S/C6Cl6F6/c7-1(8)2(9,10)4(13,14)6(17,18)5(15,16)3(1,11)12. The van der Waals surface area contributed by atoms with Gasteiger partial charge in [-0.05, 0) is 0 Å². The second-order valence-corrected chi connectivity index (χ2v) is 7.43. The zero-order valence-electron chi connectivity index (χ0n) is 7.54. The number of hydrogen-bond acceptors (Lipinski definition) is 0. The third kappa shape index (κ3) is 1.51. The van der Waals surface area contributed by atoms with E-state index in [-0.39, 0.29) is 0 Å². The molecule has 0 aromatic carbocycles. The lowest BCUT2D eigenvalue weighted by Gasteiger charge is -2.55. The normalized spacial score (nSPS) is 34.0. The van der Waals surface area contributed by atoms with Gasteiger partial charge in [0.1, 0.15) is 0 Å². The van der Waals surface area contributed by atoms with Gasteiger partial charge in [-0.1, -0.05) is 69.6 Å². The van der Waals surface area contributed by atoms with Gasteiger partial charge in [-0.3, -0.25) is 0 Å². The molecule has 0 aromatic rings. The van der Waals surface area contributed by atoms with E-state index in [0.29, 0.717) is 0 Å². The maximum Gasteiger partial charge on any atom is 0.378 e. The van der Waals surface area contributed by atoms with Crippen molar-refractivity contribution in [3.63, 3.8) is 0 Å². The van der Waals surface area contributed by atoms with Gasteiger partial charge in [0.15, 0.2) is 4.33 Å². The first-order chi connectivity index (χ1) is 7.50. The van der Waals surface area contributed by atoms with E-state index < -0.39 is 30.8 Å². The van der Waals surface area contributed by atoms with Gasteiger partial charge in [0.05, 0.1) is 0 Å². The summed E-state index contributed by atoms with van der Waals surface area (Å²) in [6, 6.07) is 0. The van der Waals surface area contributed by atoms with Gasteiger partial charge in [-0.2, -0.15) is 26.3 Å². The Morgan fingerprint density at radius 2 is 0.611 bits per heavy atom. The molecule has 0 nitrogen and oxygen atoms in total. The molecule has 0 spiro atoms. The number of halogens is 12. The third-order valence-electron chi connectivity index (χ3n) is 2.37. The van der Waals surface area contributed by atoms with E-state index in [1.807, 2.05) is 0 Å². The molecule has 0 aromatic heterocycles. The van der Waals surface area contributed by atoms with Crippen molar-refractivity contribution in [1.29, 1.82) is 0 Å². The molecule has 1 rings (SSSR count). The van der Waals surface area contributed by atoms with Crippen LogP contribution in [-0.2, 0) is 0 Å². The van der Waals surface area contributed by atoms with Gasteiger partial charge < -0.3 is 0 Å². The second kappa shape index (κ2) is 3.95. The Balaban J connectivity index is 3.72. The Bertz CT molecular complexity index is 260. The Labute approximate surface area is 126 Å². The molecule has 108 valence electrons. The van der Waals surface area contributed by atoms with Crippen molar-refractivity contribution in [1.82, 2.24) is 0 Å². The first kappa shape index (κ1) is 17.4. The Kier molecular flexibility index (Phi) is 3.81.